The smallest absolute Gasteiger partial charge is 0.272 e. The van der Waals surface area contributed by atoms with Gasteiger partial charge in [-0.3, -0.25) is 14.6 Å². The monoisotopic (exact) mass is 371 g/mol. The molecule has 1 aliphatic carbocycles. The van der Waals surface area contributed by atoms with Gasteiger partial charge >= 0.3 is 0 Å². The molecule has 7 heteroatoms. The number of anilines is 1. The fourth-order valence-electron chi connectivity index (χ4n) is 3.88. The molecule has 2 amide bonds. The quantitative estimate of drug-likeness (QED) is 0.901. The fourth-order valence-corrected chi connectivity index (χ4v) is 3.88. The van der Waals surface area contributed by atoms with E-state index in [1.165, 1.54) is 6.07 Å². The van der Waals surface area contributed by atoms with Crippen LogP contribution in [0.2, 0.25) is 0 Å². The van der Waals surface area contributed by atoms with Crippen LogP contribution >= 0.6 is 0 Å². The van der Waals surface area contributed by atoms with Gasteiger partial charge in [0.2, 0.25) is 5.91 Å². The average molecular weight is 371 g/mol. The summed E-state index contributed by atoms with van der Waals surface area (Å²) in [6, 6.07) is 8.57. The van der Waals surface area contributed by atoms with Crippen molar-refractivity contribution in [3.05, 3.63) is 59.9 Å². The van der Waals surface area contributed by atoms with E-state index in [0.29, 0.717) is 18.8 Å². The first-order valence-electron chi connectivity index (χ1n) is 8.95. The summed E-state index contributed by atoms with van der Waals surface area (Å²) >= 11 is 0. The first-order chi connectivity index (χ1) is 13.0. The fraction of sp³-hybridized carbons (Fsp3) is 0.350. The molecule has 1 atom stereocenters. The van der Waals surface area contributed by atoms with Crippen LogP contribution in [0.5, 0.6) is 0 Å². The maximum absolute atomic E-state index is 13.3. The number of nitrogens with one attached hydrogen (secondary N) is 1. The molecule has 2 aliphatic rings. The Hall–Kier alpha value is -2.83. The normalized spacial score (nSPS) is 20.4. The molecule has 1 aromatic carbocycles. The van der Waals surface area contributed by atoms with Gasteiger partial charge in [-0.2, -0.15) is 0 Å². The van der Waals surface area contributed by atoms with E-state index in [1.807, 2.05) is 0 Å². The van der Waals surface area contributed by atoms with Crippen LogP contribution in [0, 0.1) is 23.0 Å². The van der Waals surface area contributed by atoms with Crippen molar-refractivity contribution in [2.24, 2.45) is 11.3 Å². The van der Waals surface area contributed by atoms with E-state index in [9.17, 15) is 18.4 Å². The Morgan fingerprint density at radius 2 is 1.89 bits per heavy atom. The van der Waals surface area contributed by atoms with Crippen molar-refractivity contribution in [1.29, 1.82) is 0 Å². The van der Waals surface area contributed by atoms with Gasteiger partial charge in [0.25, 0.3) is 5.91 Å². The molecular weight excluding hydrogens is 352 g/mol. The Kier molecular flexibility index (Phi) is 4.37. The van der Waals surface area contributed by atoms with Gasteiger partial charge in [0, 0.05) is 37.0 Å². The lowest BCUT2D eigenvalue weighted by Gasteiger charge is -2.32. The van der Waals surface area contributed by atoms with Crippen LogP contribution in [-0.2, 0) is 4.79 Å². The first-order valence-corrected chi connectivity index (χ1v) is 8.95. The molecule has 1 saturated carbocycles. The predicted octanol–water partition coefficient (Wildman–Crippen LogP) is 3.24. The number of likely N-dealkylation sites (tertiary alicyclic amines) is 1. The molecular formula is C20H19F2N3O2. The lowest BCUT2D eigenvalue weighted by Crippen LogP contribution is -2.40. The predicted molar refractivity (Wildman–Crippen MR) is 94.9 cm³/mol. The van der Waals surface area contributed by atoms with Crippen LogP contribution in [0.15, 0.2) is 42.6 Å². The molecule has 1 saturated heterocycles. The molecule has 27 heavy (non-hydrogen) atoms. The third kappa shape index (κ3) is 3.41. The highest BCUT2D eigenvalue weighted by Crippen LogP contribution is 2.59. The molecule has 140 valence electrons. The number of pyridine rings is 1. The molecule has 1 unspecified atom stereocenters. The zero-order chi connectivity index (χ0) is 19.0. The summed E-state index contributed by atoms with van der Waals surface area (Å²) in [5.41, 5.74) is 0.587. The van der Waals surface area contributed by atoms with Crippen LogP contribution in [0.4, 0.5) is 14.5 Å². The number of hydrogen-bond acceptors (Lipinski definition) is 3. The van der Waals surface area contributed by atoms with Gasteiger partial charge in [0.05, 0.1) is 0 Å². The number of amides is 2. The molecule has 1 N–H and O–H groups in total. The lowest BCUT2D eigenvalue weighted by atomic mass is 9.90. The Morgan fingerprint density at radius 3 is 2.56 bits per heavy atom. The van der Waals surface area contributed by atoms with Crippen LogP contribution < -0.4 is 5.32 Å². The van der Waals surface area contributed by atoms with Gasteiger partial charge in [0.15, 0.2) is 11.6 Å². The van der Waals surface area contributed by atoms with Crippen molar-refractivity contribution in [2.75, 3.05) is 18.4 Å². The van der Waals surface area contributed by atoms with E-state index < -0.39 is 11.6 Å². The number of piperidine rings is 1. The van der Waals surface area contributed by atoms with Gasteiger partial charge in [-0.1, -0.05) is 6.07 Å². The zero-order valence-corrected chi connectivity index (χ0v) is 14.6. The van der Waals surface area contributed by atoms with Gasteiger partial charge in [-0.05, 0) is 48.9 Å². The van der Waals surface area contributed by atoms with Crippen molar-refractivity contribution in [3.8, 4) is 0 Å². The number of carbonyl (C=O) groups is 2. The van der Waals surface area contributed by atoms with Gasteiger partial charge in [-0.25, -0.2) is 8.78 Å². The van der Waals surface area contributed by atoms with E-state index in [-0.39, 0.29) is 28.8 Å². The van der Waals surface area contributed by atoms with Crippen molar-refractivity contribution in [1.82, 2.24) is 9.88 Å². The number of rotatable bonds is 3. The summed E-state index contributed by atoms with van der Waals surface area (Å²) in [5.74, 6) is -2.35. The van der Waals surface area contributed by atoms with Crippen LogP contribution in [-0.4, -0.2) is 34.8 Å². The van der Waals surface area contributed by atoms with Crippen LogP contribution in [0.1, 0.15) is 29.8 Å². The summed E-state index contributed by atoms with van der Waals surface area (Å²) in [5, 5.41) is 2.67. The Morgan fingerprint density at radius 1 is 1.11 bits per heavy atom. The number of nitrogens with zero attached hydrogens (tertiary/aromatic N) is 2. The van der Waals surface area contributed by atoms with E-state index in [4.69, 9.17) is 0 Å². The first kappa shape index (κ1) is 17.6. The van der Waals surface area contributed by atoms with E-state index in [2.05, 4.69) is 10.3 Å². The Labute approximate surface area is 155 Å². The second kappa shape index (κ2) is 6.72. The van der Waals surface area contributed by atoms with E-state index in [1.54, 1.807) is 29.3 Å². The van der Waals surface area contributed by atoms with Gasteiger partial charge < -0.3 is 10.2 Å². The molecule has 1 aromatic heterocycles. The molecule has 2 aromatic rings. The van der Waals surface area contributed by atoms with Gasteiger partial charge in [-0.15, -0.1) is 0 Å². The summed E-state index contributed by atoms with van der Waals surface area (Å²) in [7, 11) is 0. The van der Waals surface area contributed by atoms with E-state index in [0.717, 1.165) is 31.4 Å². The summed E-state index contributed by atoms with van der Waals surface area (Å²) in [6.07, 6.45) is 3.86. The largest absolute Gasteiger partial charge is 0.337 e. The molecule has 4 rings (SSSR count). The van der Waals surface area contributed by atoms with Crippen molar-refractivity contribution < 1.29 is 18.4 Å². The minimum absolute atomic E-state index is 0.0890. The van der Waals surface area contributed by atoms with Crippen LogP contribution in [0.25, 0.3) is 0 Å². The molecule has 1 spiro atoms. The van der Waals surface area contributed by atoms with Crippen molar-refractivity contribution >= 4 is 17.5 Å². The highest BCUT2D eigenvalue weighted by molar-refractivity contribution is 5.95. The standard InChI is InChI=1S/C20H19F2N3O2/c21-15-5-4-13(11-16(15)22)24-18(26)14-12-20(14)6-9-25(10-7-20)19(27)17-3-1-2-8-23-17/h1-5,8,11,14H,6-7,9-10,12H2,(H,24,26). The number of carbonyl (C=O) groups excluding carboxylic acids is 2. The Balaban J connectivity index is 1.34. The minimum atomic E-state index is -0.986. The van der Waals surface area contributed by atoms with E-state index >= 15 is 0 Å². The number of aromatic nitrogens is 1. The summed E-state index contributed by atoms with van der Waals surface area (Å²) < 4.78 is 26.3. The molecule has 0 radical (unpaired) electrons. The average Bonchev–Trinajstić information content (AvgIpc) is 3.39. The third-order valence-corrected chi connectivity index (χ3v) is 5.62. The molecule has 2 heterocycles. The molecule has 0 bridgehead atoms. The third-order valence-electron chi connectivity index (χ3n) is 5.62. The SMILES string of the molecule is O=C(Nc1ccc(F)c(F)c1)C1CC12CCN(C(=O)c1ccccn1)CC2. The summed E-state index contributed by atoms with van der Waals surface area (Å²) in [6.45, 7) is 1.18. The number of hydrogen-bond donors (Lipinski definition) is 1. The van der Waals surface area contributed by atoms with Crippen molar-refractivity contribution in [3.63, 3.8) is 0 Å². The Bertz CT molecular complexity index is 880. The molecule has 1 aliphatic heterocycles. The summed E-state index contributed by atoms with van der Waals surface area (Å²) in [4.78, 5) is 30.8. The highest BCUT2D eigenvalue weighted by atomic mass is 19.2. The zero-order valence-electron chi connectivity index (χ0n) is 14.6. The maximum atomic E-state index is 13.3. The minimum Gasteiger partial charge on any atom is -0.337 e. The van der Waals surface area contributed by atoms with Gasteiger partial charge in [0.1, 0.15) is 5.69 Å². The molecule has 5 nitrogen and oxygen atoms in total. The topological polar surface area (TPSA) is 62.3 Å². The lowest BCUT2D eigenvalue weighted by molar-refractivity contribution is -0.118. The molecule has 2 fully saturated rings. The maximum Gasteiger partial charge on any atom is 0.272 e. The number of benzene rings is 1. The second-order valence-electron chi connectivity index (χ2n) is 7.24. The van der Waals surface area contributed by atoms with Crippen molar-refractivity contribution in [2.45, 2.75) is 19.3 Å². The second-order valence-corrected chi connectivity index (χ2v) is 7.24. The highest BCUT2D eigenvalue weighted by Gasteiger charge is 2.58. The number of halogens is 2. The van der Waals surface area contributed by atoms with Crippen LogP contribution in [0.3, 0.4) is 0 Å².